The zero-order valence-electron chi connectivity index (χ0n) is 31.2. The fraction of sp³-hybridized carbons (Fsp3) is 0.450. The molecule has 14 heteroatoms. The van der Waals surface area contributed by atoms with Gasteiger partial charge in [-0.05, 0) is 137 Å². The number of aromatic nitrogens is 4. The van der Waals surface area contributed by atoms with Crippen molar-refractivity contribution in [3.05, 3.63) is 77.9 Å². The number of aromatic amines is 1. The number of hydrogen-bond acceptors (Lipinski definition) is 9. The van der Waals surface area contributed by atoms with Crippen molar-refractivity contribution in [2.75, 3.05) is 33.1 Å². The number of nitrogens with zero attached hydrogens (tertiary/aromatic N) is 4. The van der Waals surface area contributed by atoms with Crippen LogP contribution < -0.4 is 26.4 Å². The smallest absolute Gasteiger partial charge is 0.251 e. The largest absolute Gasteiger partial charge is 0.496 e. The van der Waals surface area contributed by atoms with Gasteiger partial charge in [-0.3, -0.25) is 14.4 Å². The first kappa shape index (κ1) is 40.3. The minimum atomic E-state index is -0.803. The molecule has 0 unspecified atom stereocenters. The predicted molar refractivity (Wildman–Crippen MR) is 211 cm³/mol. The summed E-state index contributed by atoms with van der Waals surface area (Å²) in [6.07, 6.45) is 7.70. The zero-order valence-corrected chi connectivity index (χ0v) is 32.0. The van der Waals surface area contributed by atoms with Crippen molar-refractivity contribution in [3.63, 3.8) is 0 Å². The van der Waals surface area contributed by atoms with E-state index in [1.54, 1.807) is 37.4 Å². The number of nitrogens with one attached hydrogen (secondary N) is 4. The van der Waals surface area contributed by atoms with Gasteiger partial charge in [-0.25, -0.2) is 0 Å². The highest BCUT2D eigenvalue weighted by molar-refractivity contribution is 5.98. The third kappa shape index (κ3) is 10.2. The van der Waals surface area contributed by atoms with Gasteiger partial charge >= 0.3 is 0 Å². The number of carbonyl (C=O) groups is 3. The molecule has 6 rings (SSSR count). The Kier molecular flexibility index (Phi) is 14.2. The highest BCUT2D eigenvalue weighted by atomic mass is 35.5. The Labute approximate surface area is 323 Å². The van der Waals surface area contributed by atoms with E-state index < -0.39 is 6.04 Å². The maximum atomic E-state index is 13.7. The third-order valence-electron chi connectivity index (χ3n) is 10.9. The van der Waals surface area contributed by atoms with Crippen LogP contribution in [0.15, 0.2) is 66.7 Å². The molecule has 0 aliphatic heterocycles. The average molecular weight is 758 g/mol. The Morgan fingerprint density at radius 3 is 2.20 bits per heavy atom. The van der Waals surface area contributed by atoms with Gasteiger partial charge in [-0.2, -0.15) is 5.21 Å². The Bertz CT molecular complexity index is 1820. The number of H-pyrrole nitrogens is 1. The summed E-state index contributed by atoms with van der Waals surface area (Å²) in [6, 6.07) is 20.4. The van der Waals surface area contributed by atoms with Gasteiger partial charge in [-0.15, -0.1) is 22.6 Å². The van der Waals surface area contributed by atoms with Crippen LogP contribution in [0.4, 0.5) is 5.69 Å². The van der Waals surface area contributed by atoms with Gasteiger partial charge in [0.1, 0.15) is 11.8 Å². The lowest BCUT2D eigenvalue weighted by Gasteiger charge is -2.33. The van der Waals surface area contributed by atoms with Crippen LogP contribution in [-0.4, -0.2) is 89.1 Å². The topological polar surface area (TPSA) is 180 Å². The number of anilines is 1. The molecule has 6 N–H and O–H groups in total. The predicted octanol–water partition coefficient (Wildman–Crippen LogP) is 5.00. The van der Waals surface area contributed by atoms with Gasteiger partial charge in [0.05, 0.1) is 7.11 Å². The van der Waals surface area contributed by atoms with Crippen molar-refractivity contribution in [2.24, 2.45) is 17.6 Å². The number of halogens is 1. The van der Waals surface area contributed by atoms with Gasteiger partial charge in [0, 0.05) is 46.8 Å². The molecule has 0 saturated heterocycles. The van der Waals surface area contributed by atoms with Crippen molar-refractivity contribution in [1.82, 2.24) is 36.2 Å². The van der Waals surface area contributed by atoms with Crippen LogP contribution in [0.2, 0.25) is 0 Å². The lowest BCUT2D eigenvalue weighted by Crippen LogP contribution is -2.48. The molecular weight excluding hydrogens is 706 g/mol. The maximum Gasteiger partial charge on any atom is 0.251 e. The lowest BCUT2D eigenvalue weighted by atomic mass is 9.81. The molecule has 4 aromatic rings. The molecule has 288 valence electrons. The van der Waals surface area contributed by atoms with E-state index in [9.17, 15) is 14.4 Å². The molecule has 0 spiro atoms. The molecule has 54 heavy (non-hydrogen) atoms. The van der Waals surface area contributed by atoms with E-state index >= 15 is 0 Å². The second-order valence-electron chi connectivity index (χ2n) is 14.6. The summed E-state index contributed by atoms with van der Waals surface area (Å²) in [5.74, 6) is 0.818. The molecule has 1 heterocycles. The number of benzene rings is 3. The van der Waals surface area contributed by atoms with Crippen molar-refractivity contribution in [2.45, 2.75) is 75.9 Å². The van der Waals surface area contributed by atoms with E-state index in [0.717, 1.165) is 73.6 Å². The number of tetrazole rings is 1. The zero-order chi connectivity index (χ0) is 37.3. The summed E-state index contributed by atoms with van der Waals surface area (Å²) < 4.78 is 5.74. The van der Waals surface area contributed by atoms with E-state index in [1.165, 1.54) is 0 Å². The van der Waals surface area contributed by atoms with E-state index in [4.69, 9.17) is 10.5 Å². The first-order chi connectivity index (χ1) is 25.7. The molecule has 3 aromatic carbocycles. The lowest BCUT2D eigenvalue weighted by molar-refractivity contribution is -0.130. The molecular formula is C40H52ClN9O4. The molecule has 2 aliphatic carbocycles. The standard InChI is InChI=1S/C40H51N9O4.ClH/c1-49(2)33-19-17-32(18-20-33)42-39(51)30-14-21-34(36(23-30)53-3)27-8-4-25(5-9-27)22-35(44-38(50)29-10-6-26(24-41)7-11-29)40(52)43-31-15-12-28(13-16-31)37-45-47-48-46-37;/h4-5,8-9,12-16,21,23,26,29,32-33,35H,6-7,10-11,17-20,22,24,41H2,1-3H3,(H,42,51)(H,43,52)(H,44,50)(H,45,46,47,48);1H/t26?,29?,32?,33?,35-;/m0./s1. The fourth-order valence-corrected chi connectivity index (χ4v) is 7.51. The molecule has 13 nitrogen and oxygen atoms in total. The van der Waals surface area contributed by atoms with Crippen LogP contribution in [0.1, 0.15) is 67.3 Å². The van der Waals surface area contributed by atoms with Crippen molar-refractivity contribution >= 4 is 35.8 Å². The summed E-state index contributed by atoms with van der Waals surface area (Å²) >= 11 is 0. The Balaban J connectivity index is 0.00000561. The van der Waals surface area contributed by atoms with E-state index in [0.29, 0.717) is 47.8 Å². The highest BCUT2D eigenvalue weighted by Crippen LogP contribution is 2.32. The summed E-state index contributed by atoms with van der Waals surface area (Å²) in [6.45, 7) is 0.629. The number of methoxy groups -OCH3 is 1. The summed E-state index contributed by atoms with van der Waals surface area (Å²) in [7, 11) is 5.82. The van der Waals surface area contributed by atoms with Crippen molar-refractivity contribution in [1.29, 1.82) is 0 Å². The van der Waals surface area contributed by atoms with Crippen molar-refractivity contribution < 1.29 is 19.1 Å². The SMILES string of the molecule is COc1cc(C(=O)NC2CCC(N(C)C)CC2)ccc1-c1ccc(C[C@H](NC(=O)C2CCC(CN)CC2)C(=O)Nc2ccc(-c3nn[nH]n3)cc2)cc1.Cl. The Morgan fingerprint density at radius 2 is 1.59 bits per heavy atom. The normalized spacial score (nSPS) is 20.3. The van der Waals surface area contributed by atoms with Crippen LogP contribution in [0.25, 0.3) is 22.5 Å². The van der Waals surface area contributed by atoms with Crippen LogP contribution in [-0.2, 0) is 16.0 Å². The molecule has 3 amide bonds. The van der Waals surface area contributed by atoms with Gasteiger partial charge in [0.15, 0.2) is 0 Å². The molecule has 2 fully saturated rings. The second kappa shape index (κ2) is 19.0. The fourth-order valence-electron chi connectivity index (χ4n) is 7.51. The first-order valence-corrected chi connectivity index (χ1v) is 18.6. The van der Waals surface area contributed by atoms with Crippen LogP contribution >= 0.6 is 12.4 Å². The van der Waals surface area contributed by atoms with Gasteiger partial charge in [0.2, 0.25) is 17.6 Å². The van der Waals surface area contributed by atoms with Crippen LogP contribution in [0.5, 0.6) is 5.75 Å². The summed E-state index contributed by atoms with van der Waals surface area (Å²) in [4.78, 5) is 42.7. The van der Waals surface area contributed by atoms with Crippen LogP contribution in [0, 0.1) is 11.8 Å². The second-order valence-corrected chi connectivity index (χ2v) is 14.6. The summed E-state index contributed by atoms with van der Waals surface area (Å²) in [5.41, 5.74) is 10.4. The van der Waals surface area contributed by atoms with Gasteiger partial charge in [0.25, 0.3) is 5.91 Å². The number of ether oxygens (including phenoxy) is 1. The third-order valence-corrected chi connectivity index (χ3v) is 10.9. The number of nitrogens with two attached hydrogens (primary N) is 1. The monoisotopic (exact) mass is 757 g/mol. The Morgan fingerprint density at radius 1 is 0.907 bits per heavy atom. The van der Waals surface area contributed by atoms with Crippen LogP contribution in [0.3, 0.4) is 0 Å². The maximum absolute atomic E-state index is 13.7. The van der Waals surface area contributed by atoms with E-state index in [1.807, 2.05) is 36.4 Å². The molecule has 1 atom stereocenters. The first-order valence-electron chi connectivity index (χ1n) is 18.6. The van der Waals surface area contributed by atoms with Gasteiger partial charge < -0.3 is 31.3 Å². The van der Waals surface area contributed by atoms with E-state index in [2.05, 4.69) is 55.6 Å². The van der Waals surface area contributed by atoms with Gasteiger partial charge in [-0.1, -0.05) is 24.3 Å². The summed E-state index contributed by atoms with van der Waals surface area (Å²) in [5, 5.41) is 23.3. The Hall–Kier alpha value is -4.85. The highest BCUT2D eigenvalue weighted by Gasteiger charge is 2.30. The number of hydrogen-bond donors (Lipinski definition) is 5. The number of rotatable bonds is 13. The number of amides is 3. The van der Waals surface area contributed by atoms with Crippen molar-refractivity contribution in [3.8, 4) is 28.3 Å². The number of carbonyl (C=O) groups excluding carboxylic acids is 3. The molecule has 0 bridgehead atoms. The van der Waals surface area contributed by atoms with E-state index in [-0.39, 0.29) is 42.1 Å². The molecule has 0 radical (unpaired) electrons. The minimum absolute atomic E-state index is 0. The average Bonchev–Trinajstić information content (AvgIpc) is 3.73. The minimum Gasteiger partial charge on any atom is -0.496 e. The quantitative estimate of drug-likeness (QED) is 0.126. The molecule has 2 saturated carbocycles. The molecule has 1 aromatic heterocycles. The molecule has 2 aliphatic rings.